The molecule has 32 heavy (non-hydrogen) atoms. The monoisotopic (exact) mass is 442 g/mol. The third-order valence-electron chi connectivity index (χ3n) is 4.70. The average molecular weight is 443 g/mol. The van der Waals surface area contributed by atoms with Crippen molar-refractivity contribution < 1.29 is 0 Å². The van der Waals surface area contributed by atoms with Crippen LogP contribution in [0.4, 0.5) is 0 Å². The number of hydrogen-bond donors (Lipinski definition) is 0. The first-order valence-corrected chi connectivity index (χ1v) is 12.7. The van der Waals surface area contributed by atoms with Crippen LogP contribution in [0.1, 0.15) is 83.2 Å². The van der Waals surface area contributed by atoms with Crippen LogP contribution < -0.4 is 0 Å². The predicted octanol–water partition coefficient (Wildman–Crippen LogP) is 8.14. The fraction of sp³-hybridized carbons (Fsp3) is 0.600. The van der Waals surface area contributed by atoms with Gasteiger partial charge in [-0.05, 0) is 68.1 Å². The summed E-state index contributed by atoms with van der Waals surface area (Å²) in [7, 11) is 4.30. The fourth-order valence-electron chi connectivity index (χ4n) is 3.08. The van der Waals surface area contributed by atoms with Gasteiger partial charge in [0, 0.05) is 26.2 Å². The molecule has 2 heteroatoms. The molecule has 0 fully saturated rings. The Bertz CT molecular complexity index is 666. The van der Waals surface area contributed by atoms with Crippen LogP contribution in [0.5, 0.6) is 0 Å². The molecule has 2 rings (SSSR count). The van der Waals surface area contributed by atoms with E-state index in [1.807, 2.05) is 27.7 Å². The van der Waals surface area contributed by atoms with Crippen LogP contribution in [-0.2, 0) is 19.5 Å². The minimum Gasteiger partial charge on any atom is -0.308 e. The summed E-state index contributed by atoms with van der Waals surface area (Å²) in [5.74, 6) is 0.833. The molecule has 0 saturated carbocycles. The largest absolute Gasteiger partial charge is 0.308 e. The van der Waals surface area contributed by atoms with Crippen LogP contribution in [0.3, 0.4) is 0 Å². The molecule has 0 saturated heterocycles. The maximum atomic E-state index is 2.57. The lowest BCUT2D eigenvalue weighted by Crippen LogP contribution is -2.31. The number of hydrogen-bond acceptors (Lipinski definition) is 2. The molecule has 0 radical (unpaired) electrons. The molecule has 184 valence electrons. The highest BCUT2D eigenvalue weighted by molar-refractivity contribution is 5.33. The topological polar surface area (TPSA) is 6.48 Å². The Labute approximate surface area is 202 Å². The van der Waals surface area contributed by atoms with Crippen molar-refractivity contribution in [1.29, 1.82) is 0 Å². The SMILES string of the molecule is CC.CC.CC(C)C.CCc1cccc(CN(CCN(C)C)Cc2c(C)cccc2C)c1. The molecule has 0 N–H and O–H groups in total. The highest BCUT2D eigenvalue weighted by Gasteiger charge is 2.11. The van der Waals surface area contributed by atoms with Crippen molar-refractivity contribution in [2.75, 3.05) is 27.2 Å². The zero-order valence-electron chi connectivity index (χ0n) is 23.5. The second kappa shape index (κ2) is 20.0. The molecule has 0 bridgehead atoms. The molecule has 0 atom stereocenters. The molecule has 0 unspecified atom stereocenters. The zero-order valence-corrected chi connectivity index (χ0v) is 23.5. The fourth-order valence-corrected chi connectivity index (χ4v) is 3.08. The predicted molar refractivity (Wildman–Crippen MR) is 148 cm³/mol. The van der Waals surface area contributed by atoms with Gasteiger partial charge in [-0.15, -0.1) is 0 Å². The molecular weight excluding hydrogens is 388 g/mol. The molecule has 2 aromatic rings. The lowest BCUT2D eigenvalue weighted by molar-refractivity contribution is 0.225. The van der Waals surface area contributed by atoms with Crippen molar-refractivity contribution in [2.45, 2.75) is 88.7 Å². The summed E-state index contributed by atoms with van der Waals surface area (Å²) in [5.41, 5.74) is 7.11. The molecule has 0 aliphatic rings. The van der Waals surface area contributed by atoms with Gasteiger partial charge in [-0.1, -0.05) is 97.9 Å². The van der Waals surface area contributed by atoms with Crippen LogP contribution in [0.15, 0.2) is 42.5 Å². The third-order valence-corrected chi connectivity index (χ3v) is 4.70. The van der Waals surface area contributed by atoms with E-state index >= 15 is 0 Å². The van der Waals surface area contributed by atoms with Gasteiger partial charge in [0.05, 0.1) is 0 Å². The second-order valence-electron chi connectivity index (χ2n) is 8.79. The van der Waals surface area contributed by atoms with Crippen molar-refractivity contribution in [3.8, 4) is 0 Å². The van der Waals surface area contributed by atoms with Crippen molar-refractivity contribution in [2.24, 2.45) is 5.92 Å². The molecule has 2 nitrogen and oxygen atoms in total. The van der Waals surface area contributed by atoms with Gasteiger partial charge in [-0.3, -0.25) is 4.90 Å². The van der Waals surface area contributed by atoms with E-state index in [1.165, 1.54) is 27.8 Å². The standard InChI is InChI=1S/C22H32N2.C4H10.2C2H6/c1-6-20-11-8-12-21(15-20)16-24(14-13-23(4)5)17-22-18(2)9-7-10-19(22)3;1-4(2)3;2*1-2/h7-12,15H,6,13-14,16-17H2,1-5H3;4H,1-3H3;2*1-2H3. The summed E-state index contributed by atoms with van der Waals surface area (Å²) < 4.78 is 0. The van der Waals surface area contributed by atoms with E-state index < -0.39 is 0 Å². The van der Waals surface area contributed by atoms with E-state index in [2.05, 4.69) is 108 Å². The van der Waals surface area contributed by atoms with Crippen LogP contribution in [0.25, 0.3) is 0 Å². The molecule has 0 heterocycles. The molecule has 0 aliphatic carbocycles. The summed E-state index contributed by atoms with van der Waals surface area (Å²) in [4.78, 5) is 4.84. The van der Waals surface area contributed by atoms with Gasteiger partial charge < -0.3 is 4.90 Å². The van der Waals surface area contributed by atoms with Crippen LogP contribution in [0, 0.1) is 19.8 Å². The van der Waals surface area contributed by atoms with Crippen molar-refractivity contribution in [1.82, 2.24) is 9.80 Å². The van der Waals surface area contributed by atoms with Gasteiger partial charge in [0.1, 0.15) is 0 Å². The molecule has 0 amide bonds. The summed E-state index contributed by atoms with van der Waals surface area (Å²) >= 11 is 0. The number of nitrogens with zero attached hydrogens (tertiary/aromatic N) is 2. The Hall–Kier alpha value is -1.64. The van der Waals surface area contributed by atoms with Crippen LogP contribution in [0.2, 0.25) is 0 Å². The highest BCUT2D eigenvalue weighted by atomic mass is 15.2. The minimum atomic E-state index is 0.833. The Balaban J connectivity index is 0. The smallest absolute Gasteiger partial charge is 0.0243 e. The Morgan fingerprint density at radius 1 is 0.719 bits per heavy atom. The highest BCUT2D eigenvalue weighted by Crippen LogP contribution is 2.18. The summed E-state index contributed by atoms with van der Waals surface area (Å²) in [6.45, 7) is 25.4. The lowest BCUT2D eigenvalue weighted by atomic mass is 10.0. The minimum absolute atomic E-state index is 0.833. The van der Waals surface area contributed by atoms with Gasteiger partial charge in [-0.2, -0.15) is 0 Å². The molecule has 0 spiro atoms. The van der Waals surface area contributed by atoms with E-state index in [1.54, 1.807) is 0 Å². The van der Waals surface area contributed by atoms with Crippen LogP contribution in [-0.4, -0.2) is 37.0 Å². The van der Waals surface area contributed by atoms with E-state index in [9.17, 15) is 0 Å². The Morgan fingerprint density at radius 3 is 1.66 bits per heavy atom. The molecule has 2 aromatic carbocycles. The zero-order chi connectivity index (χ0) is 25.1. The Morgan fingerprint density at radius 2 is 1.19 bits per heavy atom. The van der Waals surface area contributed by atoms with E-state index in [0.29, 0.717) is 0 Å². The second-order valence-corrected chi connectivity index (χ2v) is 8.79. The average Bonchev–Trinajstić information content (AvgIpc) is 2.77. The molecular formula is C30H54N2. The number of aryl methyl sites for hydroxylation is 3. The quantitative estimate of drug-likeness (QED) is 0.407. The van der Waals surface area contributed by atoms with Crippen molar-refractivity contribution in [3.05, 3.63) is 70.3 Å². The van der Waals surface area contributed by atoms with Crippen LogP contribution >= 0.6 is 0 Å². The van der Waals surface area contributed by atoms with Gasteiger partial charge in [0.15, 0.2) is 0 Å². The van der Waals surface area contributed by atoms with Crippen molar-refractivity contribution >= 4 is 0 Å². The van der Waals surface area contributed by atoms with Crippen molar-refractivity contribution in [3.63, 3.8) is 0 Å². The van der Waals surface area contributed by atoms with E-state index in [0.717, 1.165) is 38.5 Å². The number of likely N-dealkylation sites (N-methyl/N-ethyl adjacent to an activating group) is 1. The van der Waals surface area contributed by atoms with E-state index in [4.69, 9.17) is 0 Å². The third kappa shape index (κ3) is 15.2. The number of benzene rings is 2. The van der Waals surface area contributed by atoms with Gasteiger partial charge in [-0.25, -0.2) is 0 Å². The van der Waals surface area contributed by atoms with Gasteiger partial charge >= 0.3 is 0 Å². The molecule has 0 aliphatic heterocycles. The first kappa shape index (κ1) is 32.5. The number of rotatable bonds is 8. The summed E-state index contributed by atoms with van der Waals surface area (Å²) in [5, 5.41) is 0. The lowest BCUT2D eigenvalue weighted by Gasteiger charge is -2.26. The maximum absolute atomic E-state index is 2.57. The van der Waals surface area contributed by atoms with E-state index in [-0.39, 0.29) is 0 Å². The van der Waals surface area contributed by atoms with Gasteiger partial charge in [0.2, 0.25) is 0 Å². The molecule has 0 aromatic heterocycles. The summed E-state index contributed by atoms with van der Waals surface area (Å²) in [6, 6.07) is 15.6. The Kier molecular flexibility index (Phi) is 20.3. The summed E-state index contributed by atoms with van der Waals surface area (Å²) in [6.07, 6.45) is 1.10. The maximum Gasteiger partial charge on any atom is 0.0243 e. The van der Waals surface area contributed by atoms with Gasteiger partial charge in [0.25, 0.3) is 0 Å². The normalized spacial score (nSPS) is 10.1. The first-order chi connectivity index (χ1) is 15.2. The first-order valence-electron chi connectivity index (χ1n) is 12.7.